The van der Waals surface area contributed by atoms with Crippen LogP contribution in [0.4, 0.5) is 0 Å². The molecule has 0 fully saturated rings. The van der Waals surface area contributed by atoms with Gasteiger partial charge in [0.15, 0.2) is 9.84 Å². The zero-order chi connectivity index (χ0) is 8.32. The predicted molar refractivity (Wildman–Crippen MR) is 46.2 cm³/mol. The van der Waals surface area contributed by atoms with Crippen LogP contribution < -0.4 is 0 Å². The third kappa shape index (κ3) is 3.37. The van der Waals surface area contributed by atoms with E-state index in [0.717, 1.165) is 18.4 Å². The Morgan fingerprint density at radius 3 is 2.64 bits per heavy atom. The van der Waals surface area contributed by atoms with E-state index in [0.29, 0.717) is 0 Å². The summed E-state index contributed by atoms with van der Waals surface area (Å²) in [5, 5.41) is 0. The van der Waals surface area contributed by atoms with Crippen LogP contribution in [-0.4, -0.2) is 20.4 Å². The summed E-state index contributed by atoms with van der Waals surface area (Å²) in [4.78, 5) is 0. The topological polar surface area (TPSA) is 34.1 Å². The maximum Gasteiger partial charge on any atom is 0.151 e. The average molecular weight is 172 g/mol. The molecule has 62 valence electrons. The maximum atomic E-state index is 10.8. The van der Waals surface area contributed by atoms with Gasteiger partial charge in [-0.15, -0.1) is 0 Å². The van der Waals surface area contributed by atoms with Crippen molar-refractivity contribution in [2.75, 3.05) is 12.0 Å². The molecule has 0 aliphatic heterocycles. The van der Waals surface area contributed by atoms with Crippen molar-refractivity contribution in [2.45, 2.75) is 12.8 Å². The molecular formula is C8H12O2S. The van der Waals surface area contributed by atoms with Crippen molar-refractivity contribution >= 4 is 9.84 Å². The van der Waals surface area contributed by atoms with Crippen LogP contribution >= 0.6 is 0 Å². The van der Waals surface area contributed by atoms with Crippen LogP contribution in [0.5, 0.6) is 0 Å². The van der Waals surface area contributed by atoms with Gasteiger partial charge < -0.3 is 0 Å². The van der Waals surface area contributed by atoms with Crippen LogP contribution in [-0.2, 0) is 9.84 Å². The first-order chi connectivity index (χ1) is 5.08. The SMILES string of the molecule is CS(=O)(=O)CC1=CCC=CC1. The standard InChI is InChI=1S/C8H12O2S/c1-11(9,10)7-8-5-3-2-4-6-8/h2-3,6H,4-5,7H2,1H3. The minimum Gasteiger partial charge on any atom is -0.229 e. The van der Waals surface area contributed by atoms with Crippen LogP contribution in [0.15, 0.2) is 23.8 Å². The van der Waals surface area contributed by atoms with Gasteiger partial charge in [0.2, 0.25) is 0 Å². The molecule has 0 bridgehead atoms. The normalized spacial score (nSPS) is 18.1. The monoisotopic (exact) mass is 172 g/mol. The number of hydrogen-bond acceptors (Lipinski definition) is 2. The lowest BCUT2D eigenvalue weighted by atomic mass is 10.1. The van der Waals surface area contributed by atoms with Crippen molar-refractivity contribution in [3.8, 4) is 0 Å². The number of sulfone groups is 1. The van der Waals surface area contributed by atoms with Crippen molar-refractivity contribution < 1.29 is 8.42 Å². The summed E-state index contributed by atoms with van der Waals surface area (Å²) in [6.07, 6.45) is 9.00. The summed E-state index contributed by atoms with van der Waals surface area (Å²) in [6.45, 7) is 0. The van der Waals surface area contributed by atoms with E-state index in [4.69, 9.17) is 0 Å². The summed E-state index contributed by atoms with van der Waals surface area (Å²) in [7, 11) is -2.83. The van der Waals surface area contributed by atoms with E-state index >= 15 is 0 Å². The minimum atomic E-state index is -2.83. The summed E-state index contributed by atoms with van der Waals surface area (Å²) < 4.78 is 21.7. The lowest BCUT2D eigenvalue weighted by Gasteiger charge is -2.05. The molecule has 0 unspecified atom stereocenters. The average Bonchev–Trinajstić information content (AvgIpc) is 1.85. The highest BCUT2D eigenvalue weighted by atomic mass is 32.2. The second kappa shape index (κ2) is 3.22. The lowest BCUT2D eigenvalue weighted by Crippen LogP contribution is -2.06. The molecule has 0 N–H and O–H groups in total. The zero-order valence-corrected chi connectivity index (χ0v) is 7.39. The maximum absolute atomic E-state index is 10.8. The first kappa shape index (κ1) is 8.53. The van der Waals surface area contributed by atoms with Crippen LogP contribution in [0.25, 0.3) is 0 Å². The van der Waals surface area contributed by atoms with Crippen molar-refractivity contribution in [3.05, 3.63) is 23.8 Å². The zero-order valence-electron chi connectivity index (χ0n) is 6.58. The fourth-order valence-corrected chi connectivity index (χ4v) is 2.01. The van der Waals surface area contributed by atoms with Crippen LogP contribution in [0, 0.1) is 0 Å². The highest BCUT2D eigenvalue weighted by Gasteiger charge is 2.06. The van der Waals surface area contributed by atoms with Crippen molar-refractivity contribution in [1.29, 1.82) is 0 Å². The molecule has 0 spiro atoms. The number of hydrogen-bond donors (Lipinski definition) is 0. The van der Waals surface area contributed by atoms with E-state index in [1.54, 1.807) is 0 Å². The van der Waals surface area contributed by atoms with Gasteiger partial charge in [0.25, 0.3) is 0 Å². The Labute approximate surface area is 67.5 Å². The molecule has 0 amide bonds. The van der Waals surface area contributed by atoms with Gasteiger partial charge >= 0.3 is 0 Å². The Bertz CT molecular complexity index is 283. The van der Waals surface area contributed by atoms with E-state index in [1.165, 1.54) is 6.26 Å². The number of allylic oxidation sites excluding steroid dienone is 3. The second-order valence-corrected chi connectivity index (χ2v) is 4.98. The molecule has 1 rings (SSSR count). The second-order valence-electron chi connectivity index (χ2n) is 2.84. The molecule has 0 heterocycles. The summed E-state index contributed by atoms with van der Waals surface area (Å²) >= 11 is 0. The van der Waals surface area contributed by atoms with E-state index in [9.17, 15) is 8.42 Å². The first-order valence-corrected chi connectivity index (χ1v) is 5.64. The third-order valence-electron chi connectivity index (χ3n) is 1.54. The van der Waals surface area contributed by atoms with E-state index in [-0.39, 0.29) is 5.75 Å². The molecule has 0 aromatic heterocycles. The molecule has 3 heteroatoms. The molecule has 1 aliphatic rings. The van der Waals surface area contributed by atoms with Crippen molar-refractivity contribution in [1.82, 2.24) is 0 Å². The van der Waals surface area contributed by atoms with Gasteiger partial charge in [-0.25, -0.2) is 8.42 Å². The van der Waals surface area contributed by atoms with Gasteiger partial charge in [-0.2, -0.15) is 0 Å². The first-order valence-electron chi connectivity index (χ1n) is 3.58. The quantitative estimate of drug-likeness (QED) is 0.588. The highest BCUT2D eigenvalue weighted by molar-refractivity contribution is 7.90. The molecule has 0 saturated carbocycles. The Balaban J connectivity index is 2.57. The van der Waals surface area contributed by atoms with E-state index in [2.05, 4.69) is 0 Å². The van der Waals surface area contributed by atoms with Crippen LogP contribution in [0.2, 0.25) is 0 Å². The Morgan fingerprint density at radius 2 is 2.18 bits per heavy atom. The van der Waals surface area contributed by atoms with Gasteiger partial charge in [-0.1, -0.05) is 23.8 Å². The fraction of sp³-hybridized carbons (Fsp3) is 0.500. The smallest absolute Gasteiger partial charge is 0.151 e. The molecule has 0 aromatic carbocycles. The fourth-order valence-electron chi connectivity index (χ4n) is 1.10. The Hall–Kier alpha value is -0.570. The Morgan fingerprint density at radius 1 is 1.45 bits per heavy atom. The molecule has 0 radical (unpaired) electrons. The van der Waals surface area contributed by atoms with Crippen molar-refractivity contribution in [2.24, 2.45) is 0 Å². The van der Waals surface area contributed by atoms with Gasteiger partial charge in [0.05, 0.1) is 5.75 Å². The largest absolute Gasteiger partial charge is 0.229 e. The minimum absolute atomic E-state index is 0.220. The van der Waals surface area contributed by atoms with Crippen LogP contribution in [0.3, 0.4) is 0 Å². The molecule has 0 aromatic rings. The molecule has 2 nitrogen and oxygen atoms in total. The number of rotatable bonds is 2. The lowest BCUT2D eigenvalue weighted by molar-refractivity contribution is 0.603. The van der Waals surface area contributed by atoms with Gasteiger partial charge in [0, 0.05) is 6.26 Å². The predicted octanol–water partition coefficient (Wildman–Crippen LogP) is 1.31. The van der Waals surface area contributed by atoms with Gasteiger partial charge in [0.1, 0.15) is 0 Å². The van der Waals surface area contributed by atoms with Crippen LogP contribution in [0.1, 0.15) is 12.8 Å². The summed E-state index contributed by atoms with van der Waals surface area (Å²) in [5.41, 5.74) is 1.02. The summed E-state index contributed by atoms with van der Waals surface area (Å²) in [6, 6.07) is 0. The van der Waals surface area contributed by atoms with Gasteiger partial charge in [-0.05, 0) is 12.8 Å². The van der Waals surface area contributed by atoms with E-state index < -0.39 is 9.84 Å². The summed E-state index contributed by atoms with van der Waals surface area (Å²) in [5.74, 6) is 0.220. The van der Waals surface area contributed by atoms with Crippen molar-refractivity contribution in [3.63, 3.8) is 0 Å². The Kier molecular flexibility index (Phi) is 2.49. The molecule has 11 heavy (non-hydrogen) atoms. The third-order valence-corrected chi connectivity index (χ3v) is 2.43. The molecule has 0 saturated heterocycles. The molecule has 1 aliphatic carbocycles. The van der Waals surface area contributed by atoms with Gasteiger partial charge in [-0.3, -0.25) is 0 Å². The molecular weight excluding hydrogens is 160 g/mol. The van der Waals surface area contributed by atoms with E-state index in [1.807, 2.05) is 18.2 Å². The highest BCUT2D eigenvalue weighted by Crippen LogP contribution is 2.12. The molecule has 0 atom stereocenters.